The molecule has 0 amide bonds. The molecule has 0 radical (unpaired) electrons. The van der Waals surface area contributed by atoms with E-state index in [1.54, 1.807) is 6.07 Å². The Balaban J connectivity index is 2.07. The SMILES string of the molecule is N#CC1(Cc2cccc(F)c2Br)CCOc2ccccc21. The van der Waals surface area contributed by atoms with Gasteiger partial charge in [0, 0.05) is 12.0 Å². The van der Waals surface area contributed by atoms with Gasteiger partial charge in [-0.3, -0.25) is 0 Å². The minimum atomic E-state index is -0.675. The molecule has 0 saturated heterocycles. The molecule has 106 valence electrons. The van der Waals surface area contributed by atoms with Crippen molar-refractivity contribution in [2.45, 2.75) is 18.3 Å². The van der Waals surface area contributed by atoms with Gasteiger partial charge in [-0.1, -0.05) is 30.3 Å². The topological polar surface area (TPSA) is 33.0 Å². The molecular formula is C17H13BrFNO. The van der Waals surface area contributed by atoms with Crippen molar-refractivity contribution in [1.82, 2.24) is 0 Å². The van der Waals surface area contributed by atoms with Crippen LogP contribution in [0.15, 0.2) is 46.9 Å². The van der Waals surface area contributed by atoms with Crippen molar-refractivity contribution in [3.05, 3.63) is 63.9 Å². The summed E-state index contributed by atoms with van der Waals surface area (Å²) >= 11 is 3.28. The van der Waals surface area contributed by atoms with Gasteiger partial charge in [0.05, 0.1) is 22.6 Å². The summed E-state index contributed by atoms with van der Waals surface area (Å²) in [6.07, 6.45) is 1.06. The Hall–Kier alpha value is -1.86. The lowest BCUT2D eigenvalue weighted by molar-refractivity contribution is 0.241. The molecular weight excluding hydrogens is 333 g/mol. The maximum atomic E-state index is 13.7. The van der Waals surface area contributed by atoms with E-state index >= 15 is 0 Å². The van der Waals surface area contributed by atoms with Gasteiger partial charge in [-0.25, -0.2) is 4.39 Å². The van der Waals surface area contributed by atoms with Crippen LogP contribution < -0.4 is 4.74 Å². The number of fused-ring (bicyclic) bond motifs is 1. The number of halogens is 2. The number of para-hydroxylation sites is 1. The second-order valence-corrected chi connectivity index (χ2v) is 5.97. The largest absolute Gasteiger partial charge is 0.493 e. The summed E-state index contributed by atoms with van der Waals surface area (Å²) in [5.74, 6) is 0.443. The van der Waals surface area contributed by atoms with Crippen molar-refractivity contribution in [1.29, 1.82) is 5.26 Å². The van der Waals surface area contributed by atoms with Gasteiger partial charge in [-0.2, -0.15) is 5.26 Å². The van der Waals surface area contributed by atoms with E-state index in [0.717, 1.165) is 16.9 Å². The van der Waals surface area contributed by atoms with Gasteiger partial charge < -0.3 is 4.74 Å². The van der Waals surface area contributed by atoms with E-state index in [0.29, 0.717) is 23.9 Å². The van der Waals surface area contributed by atoms with Crippen LogP contribution in [0.1, 0.15) is 17.5 Å². The molecule has 1 aliphatic rings. The lowest BCUT2D eigenvalue weighted by Crippen LogP contribution is -2.33. The van der Waals surface area contributed by atoms with Crippen LogP contribution in [0.2, 0.25) is 0 Å². The molecule has 2 aromatic carbocycles. The minimum Gasteiger partial charge on any atom is -0.493 e. The fraction of sp³-hybridized carbons (Fsp3) is 0.235. The Bertz CT molecular complexity index is 725. The highest BCUT2D eigenvalue weighted by Gasteiger charge is 2.38. The fourth-order valence-corrected chi connectivity index (χ4v) is 3.21. The lowest BCUT2D eigenvalue weighted by Gasteiger charge is -2.33. The molecule has 0 spiro atoms. The first-order chi connectivity index (χ1) is 10.2. The molecule has 4 heteroatoms. The number of nitrogens with zero attached hydrogens (tertiary/aromatic N) is 1. The zero-order valence-electron chi connectivity index (χ0n) is 11.3. The van der Waals surface area contributed by atoms with Gasteiger partial charge in [0.2, 0.25) is 0 Å². The Labute approximate surface area is 131 Å². The second kappa shape index (κ2) is 5.50. The normalized spacial score (nSPS) is 20.2. The number of rotatable bonds is 2. The molecule has 3 rings (SSSR count). The summed E-state index contributed by atoms with van der Waals surface area (Å²) in [6.45, 7) is 0.498. The molecule has 0 bridgehead atoms. The van der Waals surface area contributed by atoms with E-state index in [9.17, 15) is 9.65 Å². The van der Waals surface area contributed by atoms with E-state index in [-0.39, 0.29) is 5.82 Å². The van der Waals surface area contributed by atoms with Gasteiger partial charge in [-0.05, 0) is 40.0 Å². The van der Waals surface area contributed by atoms with Gasteiger partial charge in [-0.15, -0.1) is 0 Å². The zero-order valence-corrected chi connectivity index (χ0v) is 12.9. The predicted molar refractivity (Wildman–Crippen MR) is 81.6 cm³/mol. The van der Waals surface area contributed by atoms with Crippen LogP contribution in [0, 0.1) is 17.1 Å². The van der Waals surface area contributed by atoms with Crippen molar-refractivity contribution < 1.29 is 9.13 Å². The fourth-order valence-electron chi connectivity index (χ4n) is 2.81. The molecule has 1 unspecified atom stereocenters. The summed E-state index contributed by atoms with van der Waals surface area (Å²) in [6, 6.07) is 15.0. The zero-order chi connectivity index (χ0) is 14.9. The van der Waals surface area contributed by atoms with Crippen LogP contribution in [0.4, 0.5) is 4.39 Å². The first kappa shape index (κ1) is 14.1. The third-order valence-corrected chi connectivity index (χ3v) is 4.81. The Morgan fingerprint density at radius 2 is 2.05 bits per heavy atom. The van der Waals surface area contributed by atoms with Crippen molar-refractivity contribution >= 4 is 15.9 Å². The molecule has 21 heavy (non-hydrogen) atoms. The van der Waals surface area contributed by atoms with Crippen LogP contribution in [0.3, 0.4) is 0 Å². The van der Waals surface area contributed by atoms with Crippen molar-refractivity contribution in [3.63, 3.8) is 0 Å². The Kier molecular flexibility index (Phi) is 3.69. The first-order valence-electron chi connectivity index (χ1n) is 6.73. The molecule has 1 heterocycles. The molecule has 2 aromatic rings. The molecule has 1 atom stereocenters. The molecule has 0 saturated carbocycles. The monoisotopic (exact) mass is 345 g/mol. The van der Waals surface area contributed by atoms with Crippen LogP contribution in [0.25, 0.3) is 0 Å². The van der Waals surface area contributed by atoms with E-state index in [2.05, 4.69) is 22.0 Å². The maximum Gasteiger partial charge on any atom is 0.137 e. The van der Waals surface area contributed by atoms with Gasteiger partial charge in [0.15, 0.2) is 0 Å². The second-order valence-electron chi connectivity index (χ2n) is 5.18. The van der Waals surface area contributed by atoms with Crippen LogP contribution in [-0.4, -0.2) is 6.61 Å². The van der Waals surface area contributed by atoms with Crippen LogP contribution in [0.5, 0.6) is 5.75 Å². The van der Waals surface area contributed by atoms with E-state index in [1.807, 2.05) is 30.3 Å². The molecule has 1 aliphatic heterocycles. The molecule has 0 N–H and O–H groups in total. The highest BCUT2D eigenvalue weighted by atomic mass is 79.9. The summed E-state index contributed by atoms with van der Waals surface area (Å²) in [7, 11) is 0. The van der Waals surface area contributed by atoms with E-state index in [1.165, 1.54) is 6.07 Å². The van der Waals surface area contributed by atoms with Crippen molar-refractivity contribution in [2.24, 2.45) is 0 Å². The molecule has 0 fully saturated rings. The first-order valence-corrected chi connectivity index (χ1v) is 7.52. The average Bonchev–Trinajstić information content (AvgIpc) is 2.52. The van der Waals surface area contributed by atoms with Crippen molar-refractivity contribution in [3.8, 4) is 11.8 Å². The van der Waals surface area contributed by atoms with Gasteiger partial charge >= 0.3 is 0 Å². The standard InChI is InChI=1S/C17H13BrFNO/c18-16-12(4-3-6-14(16)19)10-17(11-20)8-9-21-15-7-2-1-5-13(15)17/h1-7H,8-10H2. The number of hydrogen-bond donors (Lipinski definition) is 0. The lowest BCUT2D eigenvalue weighted by atomic mass is 9.73. The summed E-state index contributed by atoms with van der Waals surface area (Å²) in [4.78, 5) is 0. The number of nitriles is 1. The number of hydrogen-bond acceptors (Lipinski definition) is 2. The van der Waals surface area contributed by atoms with E-state index < -0.39 is 5.41 Å². The number of benzene rings is 2. The highest BCUT2D eigenvalue weighted by Crippen LogP contribution is 2.41. The molecule has 0 aromatic heterocycles. The minimum absolute atomic E-state index is 0.305. The summed E-state index contributed by atoms with van der Waals surface area (Å²) in [5.41, 5.74) is 1.01. The maximum absolute atomic E-state index is 13.7. The number of ether oxygens (including phenoxy) is 1. The third kappa shape index (κ3) is 2.43. The molecule has 2 nitrogen and oxygen atoms in total. The third-order valence-electron chi connectivity index (χ3n) is 3.93. The predicted octanol–water partition coefficient (Wildman–Crippen LogP) is 4.37. The Morgan fingerprint density at radius 1 is 1.24 bits per heavy atom. The molecule has 0 aliphatic carbocycles. The van der Waals surface area contributed by atoms with Gasteiger partial charge in [0.25, 0.3) is 0 Å². The average molecular weight is 346 g/mol. The van der Waals surface area contributed by atoms with Crippen LogP contribution in [-0.2, 0) is 11.8 Å². The quantitative estimate of drug-likeness (QED) is 0.809. The van der Waals surface area contributed by atoms with E-state index in [4.69, 9.17) is 4.74 Å². The smallest absolute Gasteiger partial charge is 0.137 e. The van der Waals surface area contributed by atoms with Gasteiger partial charge in [0.1, 0.15) is 11.6 Å². The summed E-state index contributed by atoms with van der Waals surface area (Å²) in [5, 5.41) is 9.80. The highest BCUT2D eigenvalue weighted by molar-refractivity contribution is 9.10. The summed E-state index contributed by atoms with van der Waals surface area (Å²) < 4.78 is 19.8. The van der Waals surface area contributed by atoms with Crippen molar-refractivity contribution in [2.75, 3.05) is 6.61 Å². The Morgan fingerprint density at radius 3 is 2.86 bits per heavy atom. The van der Waals surface area contributed by atoms with Crippen LogP contribution >= 0.6 is 15.9 Å².